The first-order chi connectivity index (χ1) is 9.13. The van der Waals surface area contributed by atoms with E-state index in [1.165, 1.54) is 0 Å². The third-order valence-corrected chi connectivity index (χ3v) is 5.89. The number of aromatic nitrogens is 1. The van der Waals surface area contributed by atoms with Crippen molar-refractivity contribution >= 4 is 9.84 Å². The summed E-state index contributed by atoms with van der Waals surface area (Å²) in [6, 6.07) is 11.1. The van der Waals surface area contributed by atoms with Crippen LogP contribution in [0.4, 0.5) is 0 Å². The number of benzene rings is 1. The summed E-state index contributed by atoms with van der Waals surface area (Å²) in [6.07, 6.45) is 3.74. The van der Waals surface area contributed by atoms with E-state index in [9.17, 15) is 8.42 Å². The third-order valence-electron chi connectivity index (χ3n) is 4.18. The molecule has 0 amide bonds. The van der Waals surface area contributed by atoms with Gasteiger partial charge in [0.25, 0.3) is 0 Å². The molecule has 0 N–H and O–H groups in total. The first-order valence-electron chi connectivity index (χ1n) is 6.40. The number of rotatable bonds is 0. The monoisotopic (exact) mass is 271 g/mol. The molecule has 1 fully saturated rings. The third kappa shape index (κ3) is 1.43. The summed E-state index contributed by atoms with van der Waals surface area (Å²) < 4.78 is 25.1. The van der Waals surface area contributed by atoms with Gasteiger partial charge in [-0.25, -0.2) is 8.42 Å². The van der Waals surface area contributed by atoms with Crippen LogP contribution >= 0.6 is 0 Å². The van der Waals surface area contributed by atoms with E-state index in [2.05, 4.69) is 4.98 Å². The van der Waals surface area contributed by atoms with E-state index in [0.717, 1.165) is 29.7 Å². The average molecular weight is 271 g/mol. The lowest BCUT2D eigenvalue weighted by Crippen LogP contribution is -2.12. The number of sulfone groups is 1. The van der Waals surface area contributed by atoms with Crippen LogP contribution in [-0.2, 0) is 21.0 Å². The van der Waals surface area contributed by atoms with Gasteiger partial charge >= 0.3 is 0 Å². The van der Waals surface area contributed by atoms with Crippen molar-refractivity contribution in [1.29, 1.82) is 0 Å². The molecule has 2 aromatic rings. The molecule has 1 saturated carbocycles. The van der Waals surface area contributed by atoms with E-state index < -0.39 is 9.84 Å². The highest BCUT2D eigenvalue weighted by atomic mass is 32.2. The number of pyridine rings is 1. The fourth-order valence-electron chi connectivity index (χ4n) is 3.16. The Bertz CT molecular complexity index is 776. The van der Waals surface area contributed by atoms with Crippen molar-refractivity contribution in [3.63, 3.8) is 0 Å². The summed E-state index contributed by atoms with van der Waals surface area (Å²) in [4.78, 5) is 4.99. The number of fused-ring (bicyclic) bond motifs is 4. The smallest absolute Gasteiger partial charge is 0.182 e. The Morgan fingerprint density at radius 3 is 2.63 bits per heavy atom. The van der Waals surface area contributed by atoms with Crippen molar-refractivity contribution in [2.45, 2.75) is 28.9 Å². The first-order valence-corrected chi connectivity index (χ1v) is 8.05. The molecule has 0 saturated heterocycles. The predicted molar refractivity (Wildman–Crippen MR) is 71.6 cm³/mol. The molecule has 3 nitrogen and oxygen atoms in total. The lowest BCUT2D eigenvalue weighted by Gasteiger charge is -2.16. The molecule has 0 bridgehead atoms. The van der Waals surface area contributed by atoms with Gasteiger partial charge < -0.3 is 0 Å². The van der Waals surface area contributed by atoms with E-state index >= 15 is 0 Å². The lowest BCUT2D eigenvalue weighted by molar-refractivity contribution is 0.594. The molecule has 0 atom stereocenters. The van der Waals surface area contributed by atoms with Gasteiger partial charge in [-0.05, 0) is 36.1 Å². The molecule has 96 valence electrons. The summed E-state index contributed by atoms with van der Waals surface area (Å²) >= 11 is 0. The van der Waals surface area contributed by atoms with Gasteiger partial charge in [0.1, 0.15) is 0 Å². The summed E-state index contributed by atoms with van der Waals surface area (Å²) in [5.74, 6) is 0.0644. The highest BCUT2D eigenvalue weighted by Crippen LogP contribution is 2.56. The van der Waals surface area contributed by atoms with Gasteiger partial charge in [0, 0.05) is 11.6 Å². The summed E-state index contributed by atoms with van der Waals surface area (Å²) in [5.41, 5.74) is 2.60. The molecule has 1 aromatic carbocycles. The molecule has 2 heterocycles. The molecule has 1 aliphatic heterocycles. The van der Waals surface area contributed by atoms with E-state index in [-0.39, 0.29) is 11.2 Å². The van der Waals surface area contributed by atoms with Crippen molar-refractivity contribution in [1.82, 2.24) is 4.98 Å². The van der Waals surface area contributed by atoms with Gasteiger partial charge in [-0.3, -0.25) is 4.98 Å². The second kappa shape index (κ2) is 3.45. The van der Waals surface area contributed by atoms with Crippen LogP contribution in [0.25, 0.3) is 0 Å². The van der Waals surface area contributed by atoms with Crippen molar-refractivity contribution < 1.29 is 8.42 Å². The molecule has 0 unspecified atom stereocenters. The standard InChI is InChI=1S/C15H13NO2S/c17-19(18)10-11-4-3-9-16-14(11)15(7-8-15)12-5-1-2-6-13(12)19/h1-6,9H,7-8,10H2. The fourth-order valence-corrected chi connectivity index (χ4v) is 4.84. The van der Waals surface area contributed by atoms with Gasteiger partial charge in [-0.1, -0.05) is 24.3 Å². The van der Waals surface area contributed by atoms with Gasteiger partial charge in [-0.2, -0.15) is 0 Å². The zero-order chi connectivity index (χ0) is 13.1. The molecule has 4 rings (SSSR count). The number of hydrogen-bond donors (Lipinski definition) is 0. The Kier molecular flexibility index (Phi) is 2.03. The highest BCUT2D eigenvalue weighted by molar-refractivity contribution is 7.90. The minimum Gasteiger partial charge on any atom is -0.260 e. The topological polar surface area (TPSA) is 47.0 Å². The molecule has 2 aliphatic rings. The summed E-state index contributed by atoms with van der Waals surface area (Å²) in [5, 5.41) is 0. The molecule has 1 spiro atoms. The van der Waals surface area contributed by atoms with Crippen LogP contribution in [-0.4, -0.2) is 13.4 Å². The van der Waals surface area contributed by atoms with Gasteiger partial charge in [0.15, 0.2) is 9.84 Å². The van der Waals surface area contributed by atoms with Crippen molar-refractivity contribution in [3.05, 3.63) is 59.4 Å². The maximum Gasteiger partial charge on any atom is 0.182 e. The van der Waals surface area contributed by atoms with E-state index in [0.29, 0.717) is 4.90 Å². The largest absolute Gasteiger partial charge is 0.260 e. The van der Waals surface area contributed by atoms with Crippen molar-refractivity contribution in [2.75, 3.05) is 0 Å². The van der Waals surface area contributed by atoms with Crippen molar-refractivity contribution in [3.8, 4) is 0 Å². The SMILES string of the molecule is O=S1(=O)Cc2cccnc2C2(CC2)c2ccccc21. The molecular weight excluding hydrogens is 258 g/mol. The van der Waals surface area contributed by atoms with Gasteiger partial charge in [0.05, 0.1) is 16.3 Å². The molecule has 0 radical (unpaired) electrons. The van der Waals surface area contributed by atoms with Crippen LogP contribution in [0.2, 0.25) is 0 Å². The molecule has 1 aliphatic carbocycles. The van der Waals surface area contributed by atoms with Crippen LogP contribution in [0.5, 0.6) is 0 Å². The molecule has 1 aromatic heterocycles. The zero-order valence-electron chi connectivity index (χ0n) is 10.3. The lowest BCUT2D eigenvalue weighted by atomic mass is 9.89. The molecular formula is C15H13NO2S. The Balaban J connectivity index is 2.12. The Morgan fingerprint density at radius 2 is 1.84 bits per heavy atom. The highest BCUT2D eigenvalue weighted by Gasteiger charge is 2.52. The van der Waals surface area contributed by atoms with Gasteiger partial charge in [-0.15, -0.1) is 0 Å². The first kappa shape index (κ1) is 11.2. The van der Waals surface area contributed by atoms with Gasteiger partial charge in [0.2, 0.25) is 0 Å². The maximum absolute atomic E-state index is 12.5. The number of nitrogens with zero attached hydrogens (tertiary/aromatic N) is 1. The minimum atomic E-state index is -3.26. The minimum absolute atomic E-state index is 0.0644. The second-order valence-electron chi connectivity index (χ2n) is 5.35. The number of hydrogen-bond acceptors (Lipinski definition) is 3. The van der Waals surface area contributed by atoms with Crippen LogP contribution < -0.4 is 0 Å². The normalized spacial score (nSPS) is 21.3. The quantitative estimate of drug-likeness (QED) is 0.739. The molecule has 4 heteroatoms. The molecule has 19 heavy (non-hydrogen) atoms. The maximum atomic E-state index is 12.5. The van der Waals surface area contributed by atoms with Crippen LogP contribution in [0.1, 0.15) is 29.7 Å². The predicted octanol–water partition coefficient (Wildman–Crippen LogP) is 2.45. The Hall–Kier alpha value is -1.68. The summed E-state index contributed by atoms with van der Waals surface area (Å²) in [7, 11) is -3.26. The fraction of sp³-hybridized carbons (Fsp3) is 0.267. The average Bonchev–Trinajstić information content (AvgIpc) is 3.20. The van der Waals surface area contributed by atoms with Crippen LogP contribution in [0, 0.1) is 0 Å². The second-order valence-corrected chi connectivity index (χ2v) is 7.31. The summed E-state index contributed by atoms with van der Waals surface area (Å²) in [6.45, 7) is 0. The van der Waals surface area contributed by atoms with E-state index in [1.54, 1.807) is 18.3 Å². The van der Waals surface area contributed by atoms with E-state index in [1.807, 2.05) is 24.3 Å². The van der Waals surface area contributed by atoms with Crippen molar-refractivity contribution in [2.24, 2.45) is 0 Å². The van der Waals surface area contributed by atoms with Crippen LogP contribution in [0.3, 0.4) is 0 Å². The zero-order valence-corrected chi connectivity index (χ0v) is 11.2. The Morgan fingerprint density at radius 1 is 1.05 bits per heavy atom. The Labute approximate surface area is 112 Å². The van der Waals surface area contributed by atoms with Crippen LogP contribution in [0.15, 0.2) is 47.5 Å². The van der Waals surface area contributed by atoms with E-state index in [4.69, 9.17) is 0 Å².